The maximum Gasteiger partial charge on any atom is 0.237 e. The van der Waals surface area contributed by atoms with Crippen molar-refractivity contribution >= 4 is 29.1 Å². The molecule has 2 aromatic carbocycles. The van der Waals surface area contributed by atoms with Crippen LogP contribution in [0.25, 0.3) is 0 Å². The van der Waals surface area contributed by atoms with Crippen molar-refractivity contribution in [1.29, 1.82) is 0 Å². The maximum absolute atomic E-state index is 15.5. The molecule has 4 rings (SSSR count). The predicted octanol–water partition coefficient (Wildman–Crippen LogP) is 4.39. The third kappa shape index (κ3) is 5.65. The Kier molecular flexibility index (Phi) is 7.90. The number of carbonyl (C=O) groups excluding carboxylic acids is 1. The first kappa shape index (κ1) is 27.4. The van der Waals surface area contributed by atoms with Gasteiger partial charge < -0.3 is 16.4 Å². The van der Waals surface area contributed by atoms with E-state index in [0.717, 1.165) is 0 Å². The number of nitrogens with one attached hydrogen (secondary N) is 2. The van der Waals surface area contributed by atoms with Crippen LogP contribution in [0.2, 0.25) is 10.0 Å². The molecule has 1 amide bonds. The lowest BCUT2D eigenvalue weighted by Crippen LogP contribution is -2.52. The summed E-state index contributed by atoms with van der Waals surface area (Å²) in [6.07, 6.45) is 3.70. The first-order valence-electron chi connectivity index (χ1n) is 12.0. The van der Waals surface area contributed by atoms with Gasteiger partial charge in [0.2, 0.25) is 5.91 Å². The molecular weight excluding hydrogens is 521 g/mol. The standard InChI is InChI=1S/C26H30Cl2F2N6O/c1-25(2,3)14-20-26(31,17-8-7-15(27)13-19(17)29)21(16-5-4-6-18(28)22(16)30)23(34-20)24(37)32-9-11-36-12-10-33-35-36/h4-8,10,12-13,20-21,23,34H,9,11,14,31H2,1-3H3,(H,32,37). The van der Waals surface area contributed by atoms with Crippen molar-refractivity contribution in [3.05, 3.63) is 81.6 Å². The number of aromatic nitrogens is 3. The number of halogens is 4. The SMILES string of the molecule is CC(C)(C)CC1NC(C(=O)NCCn2ccnn2)C(c2cccc(Cl)c2F)C1(N)c1ccc(Cl)cc1F. The number of benzene rings is 2. The summed E-state index contributed by atoms with van der Waals surface area (Å²) in [5, 5.41) is 13.9. The molecule has 0 bridgehead atoms. The van der Waals surface area contributed by atoms with E-state index in [4.69, 9.17) is 28.9 Å². The van der Waals surface area contributed by atoms with Crippen molar-refractivity contribution in [3.8, 4) is 0 Å². The highest BCUT2D eigenvalue weighted by atomic mass is 35.5. The van der Waals surface area contributed by atoms with Crippen LogP contribution in [0.15, 0.2) is 48.8 Å². The van der Waals surface area contributed by atoms with Gasteiger partial charge in [-0.25, -0.2) is 8.78 Å². The zero-order valence-corrected chi connectivity index (χ0v) is 22.3. The second-order valence-electron chi connectivity index (χ2n) is 10.6. The van der Waals surface area contributed by atoms with Gasteiger partial charge in [-0.3, -0.25) is 9.48 Å². The van der Waals surface area contributed by atoms with Gasteiger partial charge in [-0.05, 0) is 35.6 Å². The molecule has 198 valence electrons. The van der Waals surface area contributed by atoms with E-state index in [0.29, 0.717) is 13.0 Å². The van der Waals surface area contributed by atoms with E-state index in [1.807, 2.05) is 20.8 Å². The van der Waals surface area contributed by atoms with Crippen molar-refractivity contribution in [2.75, 3.05) is 6.54 Å². The van der Waals surface area contributed by atoms with Crippen LogP contribution in [0.3, 0.4) is 0 Å². The van der Waals surface area contributed by atoms with Gasteiger partial charge in [0.05, 0.1) is 29.3 Å². The van der Waals surface area contributed by atoms with Crippen LogP contribution in [0.1, 0.15) is 44.2 Å². The molecule has 1 aliphatic heterocycles. The Morgan fingerprint density at radius 2 is 2.00 bits per heavy atom. The van der Waals surface area contributed by atoms with Crippen LogP contribution in [-0.4, -0.2) is 39.5 Å². The molecule has 3 aromatic rings. The molecule has 4 unspecified atom stereocenters. The van der Waals surface area contributed by atoms with E-state index in [2.05, 4.69) is 20.9 Å². The van der Waals surface area contributed by atoms with Gasteiger partial charge in [0, 0.05) is 35.3 Å². The molecule has 11 heteroatoms. The molecule has 4 N–H and O–H groups in total. The monoisotopic (exact) mass is 550 g/mol. The summed E-state index contributed by atoms with van der Waals surface area (Å²) >= 11 is 12.2. The molecule has 1 saturated heterocycles. The van der Waals surface area contributed by atoms with Crippen molar-refractivity contribution in [2.45, 2.75) is 57.3 Å². The average Bonchev–Trinajstić information content (AvgIpc) is 3.42. The van der Waals surface area contributed by atoms with Crippen LogP contribution in [-0.2, 0) is 16.9 Å². The number of amides is 1. The van der Waals surface area contributed by atoms with E-state index >= 15 is 8.78 Å². The third-order valence-corrected chi connectivity index (χ3v) is 7.26. The van der Waals surface area contributed by atoms with Gasteiger partial charge in [0.15, 0.2) is 0 Å². The molecular formula is C26H30Cl2F2N6O. The Labute approximate surface area is 224 Å². The summed E-state index contributed by atoms with van der Waals surface area (Å²) in [5.41, 5.74) is 5.66. The minimum Gasteiger partial charge on any atom is -0.353 e. The summed E-state index contributed by atoms with van der Waals surface area (Å²) in [4.78, 5) is 13.6. The lowest BCUT2D eigenvalue weighted by molar-refractivity contribution is -0.123. The van der Waals surface area contributed by atoms with E-state index in [9.17, 15) is 4.79 Å². The molecule has 0 aliphatic carbocycles. The number of hydrogen-bond donors (Lipinski definition) is 3. The second kappa shape index (κ2) is 10.6. The maximum atomic E-state index is 15.5. The van der Waals surface area contributed by atoms with Gasteiger partial charge in [-0.15, -0.1) is 5.10 Å². The summed E-state index contributed by atoms with van der Waals surface area (Å²) in [5.74, 6) is -2.71. The summed E-state index contributed by atoms with van der Waals surface area (Å²) < 4.78 is 32.6. The van der Waals surface area contributed by atoms with Crippen LogP contribution in [0.5, 0.6) is 0 Å². The number of nitrogens with two attached hydrogens (primary N) is 1. The van der Waals surface area contributed by atoms with Crippen molar-refractivity contribution in [2.24, 2.45) is 11.1 Å². The highest BCUT2D eigenvalue weighted by Gasteiger charge is 2.58. The minimum absolute atomic E-state index is 0.110. The highest BCUT2D eigenvalue weighted by Crippen LogP contribution is 2.49. The minimum atomic E-state index is -1.51. The molecule has 0 saturated carbocycles. The number of nitrogens with zero attached hydrogens (tertiary/aromatic N) is 3. The van der Waals surface area contributed by atoms with Crippen LogP contribution >= 0.6 is 23.2 Å². The number of hydrogen-bond acceptors (Lipinski definition) is 5. The van der Waals surface area contributed by atoms with Gasteiger partial charge in [-0.1, -0.05) is 67.4 Å². The van der Waals surface area contributed by atoms with E-state index in [1.165, 1.54) is 24.3 Å². The molecule has 4 atom stereocenters. The largest absolute Gasteiger partial charge is 0.353 e. The Morgan fingerprint density at radius 3 is 2.65 bits per heavy atom. The molecule has 7 nitrogen and oxygen atoms in total. The number of carbonyl (C=O) groups is 1. The topological polar surface area (TPSA) is 97.9 Å². The zero-order chi connectivity index (χ0) is 27.0. The first-order chi connectivity index (χ1) is 17.4. The molecule has 2 heterocycles. The average molecular weight is 551 g/mol. The number of rotatable bonds is 7. The van der Waals surface area contributed by atoms with E-state index < -0.39 is 41.1 Å². The third-order valence-electron chi connectivity index (χ3n) is 6.73. The molecule has 1 aromatic heterocycles. The van der Waals surface area contributed by atoms with Crippen LogP contribution in [0.4, 0.5) is 8.78 Å². The summed E-state index contributed by atoms with van der Waals surface area (Å²) in [6, 6.07) is 7.22. The van der Waals surface area contributed by atoms with Crippen LogP contribution < -0.4 is 16.4 Å². The fraction of sp³-hybridized carbons (Fsp3) is 0.423. The fourth-order valence-electron chi connectivity index (χ4n) is 5.16. The van der Waals surface area contributed by atoms with E-state index in [-0.39, 0.29) is 33.1 Å². The van der Waals surface area contributed by atoms with E-state index in [1.54, 1.807) is 29.2 Å². The Bertz CT molecular complexity index is 1270. The van der Waals surface area contributed by atoms with Gasteiger partial charge in [0.1, 0.15) is 11.6 Å². The molecule has 0 spiro atoms. The van der Waals surface area contributed by atoms with Crippen LogP contribution in [0, 0.1) is 17.0 Å². The lowest BCUT2D eigenvalue weighted by atomic mass is 9.68. The van der Waals surface area contributed by atoms with Crippen molar-refractivity contribution in [1.82, 2.24) is 25.6 Å². The van der Waals surface area contributed by atoms with Crippen molar-refractivity contribution in [3.63, 3.8) is 0 Å². The van der Waals surface area contributed by atoms with Gasteiger partial charge in [0.25, 0.3) is 0 Å². The first-order valence-corrected chi connectivity index (χ1v) is 12.7. The Hall–Kier alpha value is -2.59. The molecule has 1 aliphatic rings. The molecule has 0 radical (unpaired) electrons. The van der Waals surface area contributed by atoms with Crippen molar-refractivity contribution < 1.29 is 13.6 Å². The fourth-order valence-corrected chi connectivity index (χ4v) is 5.50. The Balaban J connectivity index is 1.81. The summed E-state index contributed by atoms with van der Waals surface area (Å²) in [6.45, 7) is 6.71. The summed E-state index contributed by atoms with van der Waals surface area (Å²) in [7, 11) is 0. The highest BCUT2D eigenvalue weighted by molar-refractivity contribution is 6.31. The molecule has 37 heavy (non-hydrogen) atoms. The quantitative estimate of drug-likeness (QED) is 0.405. The normalized spacial score (nSPS) is 23.8. The predicted molar refractivity (Wildman–Crippen MR) is 139 cm³/mol. The van der Waals surface area contributed by atoms with Gasteiger partial charge >= 0.3 is 0 Å². The van der Waals surface area contributed by atoms with Gasteiger partial charge in [-0.2, -0.15) is 0 Å². The molecule has 1 fully saturated rings. The lowest BCUT2D eigenvalue weighted by Gasteiger charge is -2.40. The Morgan fingerprint density at radius 1 is 1.24 bits per heavy atom. The second-order valence-corrected chi connectivity index (χ2v) is 11.4. The smallest absolute Gasteiger partial charge is 0.237 e. The zero-order valence-electron chi connectivity index (χ0n) is 20.8.